The number of nitrogens with one attached hydrogen (secondary N) is 2. The van der Waals surface area contributed by atoms with Crippen molar-refractivity contribution in [2.75, 3.05) is 27.7 Å². The highest BCUT2D eigenvalue weighted by Crippen LogP contribution is 2.39. The van der Waals surface area contributed by atoms with Gasteiger partial charge in [-0.15, -0.1) is 24.0 Å². The molecule has 1 aliphatic rings. The average molecular weight is 552 g/mol. The fraction of sp³-hybridized carbons (Fsp3) is 0.417. The molecule has 1 atom stereocenters. The van der Waals surface area contributed by atoms with Gasteiger partial charge in [0.15, 0.2) is 12.6 Å². The summed E-state index contributed by atoms with van der Waals surface area (Å²) in [6, 6.07) is 15.9. The number of hydrogen-bond acceptors (Lipinski definition) is 4. The zero-order valence-corrected chi connectivity index (χ0v) is 21.7. The second-order valence-electron chi connectivity index (χ2n) is 8.45. The van der Waals surface area contributed by atoms with Crippen molar-refractivity contribution in [2.24, 2.45) is 4.99 Å². The van der Waals surface area contributed by atoms with Crippen LogP contribution in [0.1, 0.15) is 37.4 Å². The van der Waals surface area contributed by atoms with E-state index in [1.54, 1.807) is 21.1 Å². The molecule has 0 bridgehead atoms. The van der Waals surface area contributed by atoms with Crippen LogP contribution in [0.25, 0.3) is 0 Å². The molecule has 1 aliphatic heterocycles. The molecule has 0 fully saturated rings. The number of amides is 1. The molecule has 0 radical (unpaired) electrons. The summed E-state index contributed by atoms with van der Waals surface area (Å²) in [5.74, 6) is 2.21. The van der Waals surface area contributed by atoms with Gasteiger partial charge in [-0.25, -0.2) is 0 Å². The average Bonchev–Trinajstić information content (AvgIpc) is 2.74. The van der Waals surface area contributed by atoms with Crippen LogP contribution in [0.5, 0.6) is 11.5 Å². The molecule has 174 valence electrons. The highest BCUT2D eigenvalue weighted by Gasteiger charge is 2.33. The number of nitrogens with zero attached hydrogens (tertiary/aromatic N) is 2. The van der Waals surface area contributed by atoms with Gasteiger partial charge in [-0.05, 0) is 37.6 Å². The molecule has 1 heterocycles. The number of rotatable bonds is 6. The van der Waals surface area contributed by atoms with Gasteiger partial charge in [0.2, 0.25) is 0 Å². The second-order valence-corrected chi connectivity index (χ2v) is 8.45. The Morgan fingerprint density at radius 1 is 1.22 bits per heavy atom. The predicted octanol–water partition coefficient (Wildman–Crippen LogP) is 3.74. The Morgan fingerprint density at radius 2 is 1.97 bits per heavy atom. The second kappa shape index (κ2) is 11.4. The molecular formula is C24H33IN4O3. The normalized spacial score (nSPS) is 16.7. The van der Waals surface area contributed by atoms with Gasteiger partial charge in [0.05, 0.1) is 6.04 Å². The third-order valence-electron chi connectivity index (χ3n) is 5.13. The summed E-state index contributed by atoms with van der Waals surface area (Å²) < 4.78 is 11.7. The van der Waals surface area contributed by atoms with Crippen molar-refractivity contribution in [3.63, 3.8) is 0 Å². The van der Waals surface area contributed by atoms with Crippen LogP contribution in [0.2, 0.25) is 0 Å². The lowest BCUT2D eigenvalue weighted by Crippen LogP contribution is -2.45. The fourth-order valence-corrected chi connectivity index (χ4v) is 3.50. The van der Waals surface area contributed by atoms with Crippen molar-refractivity contribution >= 4 is 35.8 Å². The SMILES string of the molecule is CN=C(NCc1cccc(OCC(=O)N(C)C)c1)NC1CC(C)(C)Oc2ccccc21.I. The zero-order chi connectivity index (χ0) is 22.4. The standard InChI is InChI=1S/C24H32N4O3.HI/c1-24(2)14-20(19-11-6-7-12-21(19)31-24)27-23(25-3)26-15-17-9-8-10-18(13-17)30-16-22(29)28(4)5;/h6-13,20H,14-16H2,1-5H3,(H2,25,26,27);1H. The number of guanidine groups is 1. The molecule has 32 heavy (non-hydrogen) atoms. The highest BCUT2D eigenvalue weighted by atomic mass is 127. The molecule has 0 saturated heterocycles. The monoisotopic (exact) mass is 552 g/mol. The minimum absolute atomic E-state index is 0. The number of halogens is 1. The van der Waals surface area contributed by atoms with Crippen molar-refractivity contribution in [3.05, 3.63) is 59.7 Å². The maximum Gasteiger partial charge on any atom is 0.259 e. The summed E-state index contributed by atoms with van der Waals surface area (Å²) in [4.78, 5) is 17.6. The van der Waals surface area contributed by atoms with Crippen LogP contribution in [0, 0.1) is 0 Å². The van der Waals surface area contributed by atoms with Crippen molar-refractivity contribution in [1.29, 1.82) is 0 Å². The molecular weight excluding hydrogens is 519 g/mol. The number of carbonyl (C=O) groups is 1. The number of para-hydroxylation sites is 1. The lowest BCUT2D eigenvalue weighted by Gasteiger charge is -2.38. The molecule has 0 saturated carbocycles. The minimum Gasteiger partial charge on any atom is -0.487 e. The number of carbonyl (C=O) groups excluding carboxylic acids is 1. The van der Waals surface area contributed by atoms with Crippen molar-refractivity contribution in [2.45, 2.75) is 38.5 Å². The van der Waals surface area contributed by atoms with Gasteiger partial charge in [0.1, 0.15) is 17.1 Å². The van der Waals surface area contributed by atoms with E-state index in [1.807, 2.05) is 42.5 Å². The third-order valence-corrected chi connectivity index (χ3v) is 5.13. The summed E-state index contributed by atoms with van der Waals surface area (Å²) >= 11 is 0. The largest absolute Gasteiger partial charge is 0.487 e. The van der Waals surface area contributed by atoms with E-state index in [2.05, 4.69) is 35.5 Å². The molecule has 0 aliphatic carbocycles. The topological polar surface area (TPSA) is 75.2 Å². The Hall–Kier alpha value is -2.49. The summed E-state index contributed by atoms with van der Waals surface area (Å²) in [6.07, 6.45) is 0.827. The molecule has 1 unspecified atom stereocenters. The number of likely N-dealkylation sites (N-methyl/N-ethyl adjacent to an activating group) is 1. The number of aliphatic imine (C=N–C) groups is 1. The van der Waals surface area contributed by atoms with Crippen LogP contribution < -0.4 is 20.1 Å². The first-order chi connectivity index (χ1) is 14.8. The predicted molar refractivity (Wildman–Crippen MR) is 138 cm³/mol. The Kier molecular flexibility index (Phi) is 9.18. The van der Waals surface area contributed by atoms with Gasteiger partial charge in [-0.1, -0.05) is 30.3 Å². The van der Waals surface area contributed by atoms with Crippen LogP contribution >= 0.6 is 24.0 Å². The molecule has 8 heteroatoms. The molecule has 7 nitrogen and oxygen atoms in total. The summed E-state index contributed by atoms with van der Waals surface area (Å²) in [7, 11) is 5.18. The number of fused-ring (bicyclic) bond motifs is 1. The van der Waals surface area contributed by atoms with Crippen LogP contribution in [0.4, 0.5) is 0 Å². The van der Waals surface area contributed by atoms with Crippen molar-refractivity contribution in [1.82, 2.24) is 15.5 Å². The van der Waals surface area contributed by atoms with E-state index in [0.717, 1.165) is 23.3 Å². The molecule has 0 spiro atoms. The smallest absolute Gasteiger partial charge is 0.259 e. The van der Waals surface area contributed by atoms with E-state index >= 15 is 0 Å². The Balaban J connectivity index is 0.00000363. The van der Waals surface area contributed by atoms with Gasteiger partial charge >= 0.3 is 0 Å². The van der Waals surface area contributed by atoms with E-state index in [4.69, 9.17) is 9.47 Å². The van der Waals surface area contributed by atoms with E-state index in [-0.39, 0.29) is 48.1 Å². The first-order valence-electron chi connectivity index (χ1n) is 10.4. The summed E-state index contributed by atoms with van der Waals surface area (Å²) in [5.41, 5.74) is 1.90. The first-order valence-corrected chi connectivity index (χ1v) is 10.4. The van der Waals surface area contributed by atoms with E-state index in [1.165, 1.54) is 4.90 Å². The van der Waals surface area contributed by atoms with Gasteiger partial charge in [-0.2, -0.15) is 0 Å². The van der Waals surface area contributed by atoms with Crippen molar-refractivity contribution in [3.8, 4) is 11.5 Å². The number of hydrogen-bond donors (Lipinski definition) is 2. The Labute approximate surface area is 207 Å². The summed E-state index contributed by atoms with van der Waals surface area (Å²) in [6.45, 7) is 4.79. The zero-order valence-electron chi connectivity index (χ0n) is 19.3. The number of benzene rings is 2. The Bertz CT molecular complexity index is 946. The lowest BCUT2D eigenvalue weighted by atomic mass is 9.90. The molecule has 2 aromatic carbocycles. The van der Waals surface area contributed by atoms with Crippen molar-refractivity contribution < 1.29 is 14.3 Å². The third kappa shape index (κ3) is 7.01. The Morgan fingerprint density at radius 3 is 2.69 bits per heavy atom. The van der Waals surface area contributed by atoms with Gasteiger partial charge in [0.25, 0.3) is 5.91 Å². The number of ether oxygens (including phenoxy) is 2. The van der Waals surface area contributed by atoms with Crippen LogP contribution in [0.3, 0.4) is 0 Å². The van der Waals surface area contributed by atoms with Crippen LogP contribution in [0.15, 0.2) is 53.5 Å². The minimum atomic E-state index is -0.263. The highest BCUT2D eigenvalue weighted by molar-refractivity contribution is 14.0. The maximum absolute atomic E-state index is 11.7. The molecule has 1 amide bonds. The molecule has 2 N–H and O–H groups in total. The molecule has 3 rings (SSSR count). The molecule has 0 aromatic heterocycles. The quantitative estimate of drug-likeness (QED) is 0.325. The van der Waals surface area contributed by atoms with Crippen LogP contribution in [-0.4, -0.2) is 50.1 Å². The van der Waals surface area contributed by atoms with Crippen LogP contribution in [-0.2, 0) is 11.3 Å². The van der Waals surface area contributed by atoms with Gasteiger partial charge in [0, 0.05) is 39.7 Å². The van der Waals surface area contributed by atoms with E-state index in [9.17, 15) is 4.79 Å². The van der Waals surface area contributed by atoms with Gasteiger partial charge in [-0.3, -0.25) is 9.79 Å². The van der Waals surface area contributed by atoms with Gasteiger partial charge < -0.3 is 25.0 Å². The fourth-order valence-electron chi connectivity index (χ4n) is 3.50. The van der Waals surface area contributed by atoms with E-state index in [0.29, 0.717) is 18.3 Å². The lowest BCUT2D eigenvalue weighted by molar-refractivity contribution is -0.130. The first kappa shape index (κ1) is 25.8. The summed E-state index contributed by atoms with van der Waals surface area (Å²) in [5, 5.41) is 6.90. The molecule has 2 aromatic rings. The van der Waals surface area contributed by atoms with E-state index < -0.39 is 0 Å². The maximum atomic E-state index is 11.7.